The maximum atomic E-state index is 14.2. The van der Waals surface area contributed by atoms with Crippen LogP contribution in [0.15, 0.2) is 86.1 Å². The number of aromatic nitrogens is 1. The zero-order valence-corrected chi connectivity index (χ0v) is 22.5. The smallest absolute Gasteiger partial charge is 0.434 e. The average Bonchev–Trinajstić information content (AvgIpc) is 3.52. The Morgan fingerprint density at radius 2 is 1.85 bits per heavy atom. The van der Waals surface area contributed by atoms with Gasteiger partial charge in [0.05, 0.1) is 28.3 Å². The summed E-state index contributed by atoms with van der Waals surface area (Å²) in [7, 11) is 0. The predicted molar refractivity (Wildman–Crippen MR) is 143 cm³/mol. The van der Waals surface area contributed by atoms with Gasteiger partial charge >= 0.3 is 18.1 Å². The molecule has 2 aromatic heterocycles. The van der Waals surface area contributed by atoms with Gasteiger partial charge in [0.25, 0.3) is 5.56 Å². The van der Waals surface area contributed by atoms with Gasteiger partial charge < -0.3 is 14.3 Å². The molecule has 0 amide bonds. The van der Waals surface area contributed by atoms with Crippen molar-refractivity contribution < 1.29 is 37.0 Å². The standard InChI is InChI=1S/C28H18ClF3N2O6S/c1-2-39-26(38)21-22(14-7-9-15(29)10-8-14)34-24(35)20(41-27(34)33-23(21)28(30,31)32)13-16-11-12-19(40-16)17-5-3-4-6-18(17)25(36)37/h3-13,22H,2H2,1H3,(H,36,37)/b20-13-/t22-/m1/s1. The number of alkyl halides is 3. The second-order valence-corrected chi connectivity index (χ2v) is 10.1. The Labute approximate surface area is 237 Å². The number of fused-ring (bicyclic) bond motifs is 1. The molecular weight excluding hydrogens is 585 g/mol. The van der Waals surface area contributed by atoms with E-state index in [1.54, 1.807) is 18.2 Å². The lowest BCUT2D eigenvalue weighted by Gasteiger charge is -2.26. The topological polar surface area (TPSA) is 111 Å². The number of carboxylic acids is 1. The van der Waals surface area contributed by atoms with Crippen molar-refractivity contribution in [1.82, 2.24) is 4.57 Å². The van der Waals surface area contributed by atoms with Crippen molar-refractivity contribution in [3.8, 4) is 11.3 Å². The Morgan fingerprint density at radius 3 is 2.51 bits per heavy atom. The summed E-state index contributed by atoms with van der Waals surface area (Å²) in [6, 6.07) is 13.4. The van der Waals surface area contributed by atoms with Crippen LogP contribution in [0.2, 0.25) is 5.02 Å². The average molecular weight is 603 g/mol. The molecule has 8 nitrogen and oxygen atoms in total. The first-order valence-corrected chi connectivity index (χ1v) is 13.2. The highest BCUT2D eigenvalue weighted by Gasteiger charge is 2.45. The van der Waals surface area contributed by atoms with E-state index in [-0.39, 0.29) is 38.6 Å². The number of hydrogen-bond donors (Lipinski definition) is 1. The molecule has 1 aliphatic heterocycles. The lowest BCUT2D eigenvalue weighted by atomic mass is 9.95. The quantitative estimate of drug-likeness (QED) is 0.313. The third kappa shape index (κ3) is 5.35. The van der Waals surface area contributed by atoms with Crippen LogP contribution >= 0.6 is 22.9 Å². The molecule has 13 heteroatoms. The highest BCUT2D eigenvalue weighted by atomic mass is 35.5. The summed E-state index contributed by atoms with van der Waals surface area (Å²) < 4.78 is 54.4. The number of carbonyl (C=O) groups is 2. The van der Waals surface area contributed by atoms with Crippen LogP contribution < -0.4 is 14.9 Å². The van der Waals surface area contributed by atoms with Crippen molar-refractivity contribution in [2.45, 2.75) is 19.1 Å². The first kappa shape index (κ1) is 28.1. The molecule has 3 heterocycles. The number of rotatable bonds is 6. The Hall–Kier alpha value is -4.42. The molecule has 0 saturated carbocycles. The molecule has 0 spiro atoms. The Kier molecular flexibility index (Phi) is 7.45. The molecule has 5 rings (SSSR count). The number of carbonyl (C=O) groups excluding carboxylic acids is 1. The number of carboxylic acid groups (broad SMARTS) is 1. The van der Waals surface area contributed by atoms with Crippen molar-refractivity contribution in [3.05, 3.63) is 114 Å². The molecule has 1 aliphatic rings. The van der Waals surface area contributed by atoms with Crippen LogP contribution in [0.25, 0.3) is 17.4 Å². The highest BCUT2D eigenvalue weighted by Crippen LogP contribution is 2.38. The molecule has 1 N–H and O–H groups in total. The first-order valence-electron chi connectivity index (χ1n) is 12.0. The fourth-order valence-electron chi connectivity index (χ4n) is 4.39. The van der Waals surface area contributed by atoms with Crippen molar-refractivity contribution >= 4 is 41.0 Å². The van der Waals surface area contributed by atoms with Gasteiger partial charge in [0, 0.05) is 16.7 Å². The van der Waals surface area contributed by atoms with E-state index in [1.807, 2.05) is 0 Å². The zero-order chi connectivity index (χ0) is 29.5. The van der Waals surface area contributed by atoms with Crippen LogP contribution in [0.1, 0.15) is 34.6 Å². The number of hydrogen-bond acceptors (Lipinski definition) is 7. The highest BCUT2D eigenvalue weighted by molar-refractivity contribution is 7.07. The molecule has 4 aromatic rings. The van der Waals surface area contributed by atoms with Crippen molar-refractivity contribution in [3.63, 3.8) is 0 Å². The van der Waals surface area contributed by atoms with E-state index in [0.29, 0.717) is 21.9 Å². The van der Waals surface area contributed by atoms with Crippen LogP contribution in [-0.4, -0.2) is 34.4 Å². The minimum atomic E-state index is -5.03. The summed E-state index contributed by atoms with van der Waals surface area (Å²) in [5, 5.41) is 9.78. The van der Waals surface area contributed by atoms with Crippen LogP contribution in [0.3, 0.4) is 0 Å². The van der Waals surface area contributed by atoms with E-state index in [4.69, 9.17) is 20.8 Å². The molecule has 41 heavy (non-hydrogen) atoms. The third-order valence-electron chi connectivity index (χ3n) is 6.10. The normalized spacial score (nSPS) is 15.4. The minimum Gasteiger partial charge on any atom is -0.478 e. The van der Waals surface area contributed by atoms with Crippen LogP contribution in [0, 0.1) is 0 Å². The molecule has 0 saturated heterocycles. The molecule has 0 aliphatic carbocycles. The number of aromatic carboxylic acids is 1. The Morgan fingerprint density at radius 1 is 1.15 bits per heavy atom. The Bertz CT molecular complexity index is 1890. The van der Waals surface area contributed by atoms with Gasteiger partial charge in [-0.15, -0.1) is 0 Å². The number of thiazole rings is 1. The maximum absolute atomic E-state index is 14.2. The number of halogens is 4. The number of esters is 1. The van der Waals surface area contributed by atoms with E-state index in [2.05, 4.69) is 4.99 Å². The summed E-state index contributed by atoms with van der Waals surface area (Å²) in [4.78, 5) is 41.6. The summed E-state index contributed by atoms with van der Waals surface area (Å²) in [5.41, 5.74) is -2.52. The predicted octanol–water partition coefficient (Wildman–Crippen LogP) is 4.95. The number of furan rings is 1. The van der Waals surface area contributed by atoms with Gasteiger partial charge in [0.2, 0.25) is 0 Å². The van der Waals surface area contributed by atoms with E-state index in [0.717, 1.165) is 4.57 Å². The molecule has 210 valence electrons. The molecule has 0 radical (unpaired) electrons. The van der Waals surface area contributed by atoms with E-state index < -0.39 is 41.0 Å². The summed E-state index contributed by atoms with van der Waals surface area (Å²) in [5.74, 6) is -2.06. The summed E-state index contributed by atoms with van der Waals surface area (Å²) in [6.45, 7) is 1.25. The molecule has 0 fully saturated rings. The van der Waals surface area contributed by atoms with Crippen molar-refractivity contribution in [1.29, 1.82) is 0 Å². The first-order chi connectivity index (χ1) is 19.5. The van der Waals surface area contributed by atoms with Gasteiger partial charge in [0.15, 0.2) is 10.5 Å². The van der Waals surface area contributed by atoms with Gasteiger partial charge in [-0.2, -0.15) is 13.2 Å². The van der Waals surface area contributed by atoms with Crippen molar-refractivity contribution in [2.24, 2.45) is 4.99 Å². The van der Waals surface area contributed by atoms with Gasteiger partial charge in [0.1, 0.15) is 11.5 Å². The monoisotopic (exact) mass is 602 g/mol. The summed E-state index contributed by atoms with van der Waals surface area (Å²) in [6.07, 6.45) is -3.72. The number of benzene rings is 2. The SMILES string of the molecule is CCOC(=O)C1=C(C(F)(F)F)N=c2s/c(=C\c3ccc(-c4ccccc4C(=O)O)o3)c(=O)n2[C@@H]1c1ccc(Cl)cc1. The lowest BCUT2D eigenvalue weighted by molar-refractivity contribution is -0.140. The molecule has 0 unspecified atom stereocenters. The second kappa shape index (κ2) is 10.9. The minimum absolute atomic E-state index is 0.00177. The maximum Gasteiger partial charge on any atom is 0.434 e. The van der Waals surface area contributed by atoms with Crippen LogP contribution in [0.5, 0.6) is 0 Å². The van der Waals surface area contributed by atoms with Crippen LogP contribution in [0.4, 0.5) is 13.2 Å². The fourth-order valence-corrected chi connectivity index (χ4v) is 5.50. The second-order valence-electron chi connectivity index (χ2n) is 8.67. The largest absolute Gasteiger partial charge is 0.478 e. The van der Waals surface area contributed by atoms with Gasteiger partial charge in [-0.25, -0.2) is 14.6 Å². The number of ether oxygens (including phenoxy) is 1. The molecule has 2 aromatic carbocycles. The van der Waals surface area contributed by atoms with Gasteiger partial charge in [-0.05, 0) is 42.8 Å². The third-order valence-corrected chi connectivity index (χ3v) is 7.34. The van der Waals surface area contributed by atoms with Crippen LogP contribution in [-0.2, 0) is 9.53 Å². The number of nitrogens with zero attached hydrogens (tertiary/aromatic N) is 2. The zero-order valence-electron chi connectivity index (χ0n) is 20.9. The van der Waals surface area contributed by atoms with E-state index >= 15 is 0 Å². The molecule has 1 atom stereocenters. The van der Waals surface area contributed by atoms with Gasteiger partial charge in [-0.1, -0.05) is 53.3 Å². The summed E-state index contributed by atoms with van der Waals surface area (Å²) >= 11 is 6.66. The fraction of sp³-hybridized carbons (Fsp3) is 0.143. The van der Waals surface area contributed by atoms with Gasteiger partial charge in [-0.3, -0.25) is 9.36 Å². The van der Waals surface area contributed by atoms with E-state index in [9.17, 15) is 32.7 Å². The number of allylic oxidation sites excluding steroid dienone is 1. The molecular formula is C28H18ClF3N2O6S. The molecule has 0 bridgehead atoms. The van der Waals surface area contributed by atoms with E-state index in [1.165, 1.54) is 55.5 Å². The Balaban J connectivity index is 1.71. The van der Waals surface area contributed by atoms with Crippen molar-refractivity contribution in [2.75, 3.05) is 6.61 Å². The lowest BCUT2D eigenvalue weighted by Crippen LogP contribution is -2.41.